The summed E-state index contributed by atoms with van der Waals surface area (Å²) >= 11 is 3.43. The molecule has 0 N–H and O–H groups in total. The van der Waals surface area contributed by atoms with E-state index in [4.69, 9.17) is 10.00 Å². The number of rotatable bonds is 4. The fourth-order valence-electron chi connectivity index (χ4n) is 2.23. The topological polar surface area (TPSA) is 36.3 Å². The van der Waals surface area contributed by atoms with Crippen LogP contribution in [0.1, 0.15) is 19.8 Å². The van der Waals surface area contributed by atoms with E-state index in [0.717, 1.165) is 42.7 Å². The maximum Gasteiger partial charge on any atom is 0.120 e. The van der Waals surface area contributed by atoms with Gasteiger partial charge in [-0.1, -0.05) is 22.0 Å². The number of piperidine rings is 1. The Morgan fingerprint density at radius 3 is 2.79 bits per heavy atom. The van der Waals surface area contributed by atoms with Gasteiger partial charge in [0.25, 0.3) is 0 Å². The van der Waals surface area contributed by atoms with Crippen LogP contribution in [0.25, 0.3) is 0 Å². The van der Waals surface area contributed by atoms with Gasteiger partial charge in [0, 0.05) is 11.0 Å². The van der Waals surface area contributed by atoms with Crippen molar-refractivity contribution in [3.8, 4) is 11.8 Å². The summed E-state index contributed by atoms with van der Waals surface area (Å²) in [5, 5.41) is 9.09. The standard InChI is InChI=1S/C15H19BrN2O/c1-15(12-17)5-7-18(8-6-15)9-10-19-14-4-2-3-13(16)11-14/h2-4,11H,5-10H2,1H3. The number of nitriles is 1. The summed E-state index contributed by atoms with van der Waals surface area (Å²) in [5.74, 6) is 0.897. The minimum Gasteiger partial charge on any atom is -0.492 e. The zero-order chi connectivity index (χ0) is 13.7. The highest BCUT2D eigenvalue weighted by molar-refractivity contribution is 9.10. The van der Waals surface area contributed by atoms with E-state index in [-0.39, 0.29) is 5.41 Å². The first-order valence-electron chi connectivity index (χ1n) is 6.63. The molecule has 1 aliphatic rings. The minimum atomic E-state index is -0.123. The fourth-order valence-corrected chi connectivity index (χ4v) is 2.61. The molecule has 0 amide bonds. The highest BCUT2D eigenvalue weighted by atomic mass is 79.9. The largest absolute Gasteiger partial charge is 0.492 e. The van der Waals surface area contributed by atoms with Crippen LogP contribution in [0.4, 0.5) is 0 Å². The van der Waals surface area contributed by atoms with Gasteiger partial charge in [-0.25, -0.2) is 0 Å². The Bertz CT molecular complexity index is 461. The second kappa shape index (κ2) is 6.40. The van der Waals surface area contributed by atoms with Crippen molar-refractivity contribution in [1.29, 1.82) is 5.26 Å². The van der Waals surface area contributed by atoms with Crippen molar-refractivity contribution >= 4 is 15.9 Å². The van der Waals surface area contributed by atoms with Crippen molar-refractivity contribution < 1.29 is 4.74 Å². The molecule has 0 radical (unpaired) electrons. The monoisotopic (exact) mass is 322 g/mol. The van der Waals surface area contributed by atoms with Gasteiger partial charge < -0.3 is 4.74 Å². The Morgan fingerprint density at radius 1 is 1.42 bits per heavy atom. The lowest BCUT2D eigenvalue weighted by Crippen LogP contribution is -2.39. The maximum absolute atomic E-state index is 9.09. The lowest BCUT2D eigenvalue weighted by Gasteiger charge is -2.34. The molecule has 0 atom stereocenters. The van der Waals surface area contributed by atoms with Gasteiger partial charge in [-0.05, 0) is 51.1 Å². The molecule has 0 aliphatic carbocycles. The van der Waals surface area contributed by atoms with Crippen LogP contribution in [0.15, 0.2) is 28.7 Å². The molecule has 1 saturated heterocycles. The highest BCUT2D eigenvalue weighted by Crippen LogP contribution is 2.29. The maximum atomic E-state index is 9.09. The molecule has 1 fully saturated rings. The zero-order valence-electron chi connectivity index (χ0n) is 11.2. The van der Waals surface area contributed by atoms with Crippen LogP contribution in [0.2, 0.25) is 0 Å². The lowest BCUT2D eigenvalue weighted by molar-refractivity contribution is 0.135. The van der Waals surface area contributed by atoms with E-state index in [1.807, 2.05) is 24.3 Å². The van der Waals surface area contributed by atoms with E-state index in [1.165, 1.54) is 0 Å². The summed E-state index contributed by atoms with van der Waals surface area (Å²) in [6, 6.07) is 10.3. The number of hydrogen-bond donors (Lipinski definition) is 0. The summed E-state index contributed by atoms with van der Waals surface area (Å²) in [7, 11) is 0. The van der Waals surface area contributed by atoms with E-state index in [2.05, 4.69) is 33.8 Å². The minimum absolute atomic E-state index is 0.123. The third-order valence-electron chi connectivity index (χ3n) is 3.70. The molecule has 0 bridgehead atoms. The summed E-state index contributed by atoms with van der Waals surface area (Å²) in [6.45, 7) is 5.66. The first-order valence-corrected chi connectivity index (χ1v) is 7.43. The number of ether oxygens (including phenoxy) is 1. The van der Waals surface area contributed by atoms with Gasteiger partial charge in [0.05, 0.1) is 11.5 Å². The number of nitrogens with zero attached hydrogens (tertiary/aromatic N) is 2. The van der Waals surface area contributed by atoms with Crippen molar-refractivity contribution in [2.45, 2.75) is 19.8 Å². The molecule has 19 heavy (non-hydrogen) atoms. The number of hydrogen-bond acceptors (Lipinski definition) is 3. The predicted octanol–water partition coefficient (Wildman–Crippen LogP) is 3.45. The van der Waals surface area contributed by atoms with Gasteiger partial charge in [0.15, 0.2) is 0 Å². The molecule has 1 aromatic rings. The Morgan fingerprint density at radius 2 is 2.16 bits per heavy atom. The lowest BCUT2D eigenvalue weighted by atomic mass is 9.82. The average Bonchev–Trinajstić information content (AvgIpc) is 2.41. The second-order valence-corrected chi connectivity index (χ2v) is 6.24. The first kappa shape index (κ1) is 14.4. The van der Waals surface area contributed by atoms with Crippen LogP contribution in [0, 0.1) is 16.7 Å². The normalized spacial score (nSPS) is 18.8. The van der Waals surface area contributed by atoms with Crippen molar-refractivity contribution in [2.24, 2.45) is 5.41 Å². The summed E-state index contributed by atoms with van der Waals surface area (Å²) in [4.78, 5) is 2.37. The fraction of sp³-hybridized carbons (Fsp3) is 0.533. The summed E-state index contributed by atoms with van der Waals surface area (Å²) in [5.41, 5.74) is -0.123. The van der Waals surface area contributed by atoms with Crippen LogP contribution in [0.3, 0.4) is 0 Å². The number of halogens is 1. The SMILES string of the molecule is CC1(C#N)CCN(CCOc2cccc(Br)c2)CC1. The van der Waals surface area contributed by atoms with Gasteiger partial charge in [-0.15, -0.1) is 0 Å². The van der Waals surface area contributed by atoms with Gasteiger partial charge >= 0.3 is 0 Å². The quantitative estimate of drug-likeness (QED) is 0.851. The molecule has 0 saturated carbocycles. The van der Waals surface area contributed by atoms with Crippen molar-refractivity contribution in [2.75, 3.05) is 26.2 Å². The first-order chi connectivity index (χ1) is 9.11. The van der Waals surface area contributed by atoms with Gasteiger partial charge in [0.1, 0.15) is 12.4 Å². The molecule has 2 rings (SSSR count). The summed E-state index contributed by atoms with van der Waals surface area (Å²) in [6.07, 6.45) is 1.92. The Labute approximate surface area is 123 Å². The third-order valence-corrected chi connectivity index (χ3v) is 4.20. The molecule has 0 unspecified atom stereocenters. The molecule has 0 spiro atoms. The van der Waals surface area contributed by atoms with E-state index >= 15 is 0 Å². The third kappa shape index (κ3) is 4.22. The molecule has 0 aromatic heterocycles. The molecule has 1 heterocycles. The molecule has 1 aliphatic heterocycles. The smallest absolute Gasteiger partial charge is 0.120 e. The van der Waals surface area contributed by atoms with Gasteiger partial charge in [-0.3, -0.25) is 4.90 Å². The second-order valence-electron chi connectivity index (χ2n) is 5.32. The van der Waals surface area contributed by atoms with Gasteiger partial charge in [-0.2, -0.15) is 5.26 Å². The van der Waals surface area contributed by atoms with E-state index in [1.54, 1.807) is 0 Å². The van der Waals surface area contributed by atoms with E-state index in [9.17, 15) is 0 Å². The predicted molar refractivity (Wildman–Crippen MR) is 79.0 cm³/mol. The Kier molecular flexibility index (Phi) is 4.84. The van der Waals surface area contributed by atoms with Crippen molar-refractivity contribution in [1.82, 2.24) is 4.90 Å². The van der Waals surface area contributed by atoms with Crippen LogP contribution < -0.4 is 4.74 Å². The molecule has 3 nitrogen and oxygen atoms in total. The number of likely N-dealkylation sites (tertiary alicyclic amines) is 1. The highest BCUT2D eigenvalue weighted by Gasteiger charge is 2.29. The molecule has 4 heteroatoms. The van der Waals surface area contributed by atoms with Crippen LogP contribution >= 0.6 is 15.9 Å². The van der Waals surface area contributed by atoms with Gasteiger partial charge in [0.2, 0.25) is 0 Å². The number of benzene rings is 1. The Hall–Kier alpha value is -1.05. The van der Waals surface area contributed by atoms with Crippen LogP contribution in [-0.4, -0.2) is 31.1 Å². The van der Waals surface area contributed by atoms with Crippen LogP contribution in [-0.2, 0) is 0 Å². The molecule has 102 valence electrons. The van der Waals surface area contributed by atoms with E-state index < -0.39 is 0 Å². The Balaban J connectivity index is 1.72. The molecular weight excluding hydrogens is 304 g/mol. The molecule has 1 aromatic carbocycles. The zero-order valence-corrected chi connectivity index (χ0v) is 12.8. The van der Waals surface area contributed by atoms with E-state index in [0.29, 0.717) is 6.61 Å². The average molecular weight is 323 g/mol. The van der Waals surface area contributed by atoms with Crippen molar-refractivity contribution in [3.05, 3.63) is 28.7 Å². The van der Waals surface area contributed by atoms with Crippen LogP contribution in [0.5, 0.6) is 5.75 Å². The molecular formula is C15H19BrN2O. The van der Waals surface area contributed by atoms with Crippen molar-refractivity contribution in [3.63, 3.8) is 0 Å². The summed E-state index contributed by atoms with van der Waals surface area (Å²) < 4.78 is 6.77.